The molecule has 0 aliphatic heterocycles. The van der Waals surface area contributed by atoms with E-state index in [1.54, 1.807) is 6.08 Å². The van der Waals surface area contributed by atoms with Gasteiger partial charge in [-0.1, -0.05) is 6.92 Å². The zero-order valence-corrected chi connectivity index (χ0v) is 16.0. The van der Waals surface area contributed by atoms with Crippen LogP contribution in [0.1, 0.15) is 48.5 Å². The normalized spacial score (nSPS) is 8.26. The van der Waals surface area contributed by atoms with Crippen LogP contribution >= 0.6 is 0 Å². The Morgan fingerprint density at radius 1 is 1.05 bits per heavy atom. The van der Waals surface area contributed by atoms with Crippen molar-refractivity contribution in [2.24, 2.45) is 0 Å². The van der Waals surface area contributed by atoms with Gasteiger partial charge in [-0.3, -0.25) is 6.58 Å². The molecule has 0 spiro atoms. The van der Waals surface area contributed by atoms with Crippen molar-refractivity contribution in [3.05, 3.63) is 61.2 Å². The molecule has 0 fully saturated rings. The number of hydrogen-bond acceptors (Lipinski definition) is 0. The van der Waals surface area contributed by atoms with Gasteiger partial charge in [0.05, 0.1) is 0 Å². The number of allylic oxidation sites excluding steroid dienone is 3. The Morgan fingerprint density at radius 3 is 1.53 bits per heavy atom. The molecule has 1 nitrogen and oxygen atoms in total. The zero-order valence-electron chi connectivity index (χ0n) is 13.5. The van der Waals surface area contributed by atoms with Crippen molar-refractivity contribution < 1.29 is 26.2 Å². The maximum absolute atomic E-state index is 4.93. The molecule has 0 saturated heterocycles. The van der Waals surface area contributed by atoms with Crippen molar-refractivity contribution in [3.63, 3.8) is 0 Å². The Hall–Kier alpha value is -0.357. The summed E-state index contributed by atoms with van der Waals surface area (Å²) in [4.78, 5) is 2.74. The summed E-state index contributed by atoms with van der Waals surface area (Å²) >= 11 is 0. The smallest absolute Gasteiger partial charge is 0.484 e. The van der Waals surface area contributed by atoms with Crippen LogP contribution in [0.5, 0.6) is 0 Å². The van der Waals surface area contributed by atoms with Gasteiger partial charge in [-0.05, 0) is 0 Å². The first-order chi connectivity index (χ1) is 8.38. The van der Waals surface area contributed by atoms with E-state index in [9.17, 15) is 0 Å². The van der Waals surface area contributed by atoms with Crippen LogP contribution in [0.3, 0.4) is 0 Å². The summed E-state index contributed by atoms with van der Waals surface area (Å²) in [5.41, 5.74) is 0. The number of H-pyrrole nitrogens is 1. The molecule has 1 aromatic rings. The van der Waals surface area contributed by atoms with Crippen LogP contribution < -0.4 is 0 Å². The van der Waals surface area contributed by atoms with Gasteiger partial charge in [-0.15, -0.1) is 6.20 Å². The van der Waals surface area contributed by atoms with Crippen molar-refractivity contribution in [2.75, 3.05) is 0 Å². The first kappa shape index (κ1) is 27.1. The molecular formula is C17H29NZr. The van der Waals surface area contributed by atoms with Crippen molar-refractivity contribution in [2.45, 2.75) is 48.5 Å². The molecule has 0 saturated carbocycles. The standard InChI is InChI=1S/C5H7.C4H4N.2C4H9.Zr/c1-3-5-4-2;1-2-4-5-3-1;2*1-4(2)3;/h1,3-5H,2H3;1-3,5H;2*1-3H3;/q4*-1;+4. The fraction of sp³-hybridized carbons (Fsp3) is 0.412. The molecule has 1 heterocycles. The topological polar surface area (TPSA) is 15.8 Å². The third-order valence-electron chi connectivity index (χ3n) is 0.746. The Balaban J connectivity index is -0.0000000782. The zero-order chi connectivity index (χ0) is 14.8. The van der Waals surface area contributed by atoms with Gasteiger partial charge in [0.2, 0.25) is 0 Å². The molecule has 1 N–H and O–H groups in total. The molecule has 0 unspecified atom stereocenters. The van der Waals surface area contributed by atoms with Crippen LogP contribution in [-0.4, -0.2) is 4.98 Å². The molecule has 1 aromatic heterocycles. The average Bonchev–Trinajstić information content (AvgIpc) is 2.74. The molecular weight excluding hydrogens is 309 g/mol. The van der Waals surface area contributed by atoms with Crippen LogP contribution in [0.15, 0.2) is 36.6 Å². The minimum absolute atomic E-state index is 0. The van der Waals surface area contributed by atoms with E-state index in [-0.39, 0.29) is 26.2 Å². The second-order valence-electron chi connectivity index (χ2n) is 4.53. The Bertz CT molecular complexity index is 207. The van der Waals surface area contributed by atoms with E-state index in [2.05, 4.69) is 52.7 Å². The fourth-order valence-electron chi connectivity index (χ4n) is 0.352. The van der Waals surface area contributed by atoms with Crippen LogP contribution in [0.25, 0.3) is 0 Å². The van der Waals surface area contributed by atoms with Crippen molar-refractivity contribution in [1.29, 1.82) is 0 Å². The van der Waals surface area contributed by atoms with E-state index >= 15 is 0 Å². The average molecular weight is 339 g/mol. The Kier molecular flexibility index (Phi) is 37.4. The molecule has 0 aliphatic carbocycles. The molecule has 2 heteroatoms. The summed E-state index contributed by atoms with van der Waals surface area (Å²) < 4.78 is 0. The van der Waals surface area contributed by atoms with E-state index in [0.717, 1.165) is 0 Å². The van der Waals surface area contributed by atoms with Gasteiger partial charge in [-0.25, -0.2) is 12.2 Å². The maximum Gasteiger partial charge on any atom is 4.00 e. The summed E-state index contributed by atoms with van der Waals surface area (Å²) in [6.45, 7) is 19.3. The van der Waals surface area contributed by atoms with Gasteiger partial charge >= 0.3 is 26.2 Å². The quantitative estimate of drug-likeness (QED) is 0.506. The predicted molar refractivity (Wildman–Crippen MR) is 83.8 cm³/mol. The third kappa shape index (κ3) is 97.8. The van der Waals surface area contributed by atoms with Crippen molar-refractivity contribution in [3.8, 4) is 0 Å². The van der Waals surface area contributed by atoms with E-state index in [4.69, 9.17) is 6.58 Å². The fourth-order valence-corrected chi connectivity index (χ4v) is 0.352. The first-order valence-electron chi connectivity index (χ1n) is 6.07. The van der Waals surface area contributed by atoms with Gasteiger partial charge in [0, 0.05) is 0 Å². The predicted octanol–water partition coefficient (Wildman–Crippen LogP) is 5.61. The molecule has 19 heavy (non-hydrogen) atoms. The molecule has 106 valence electrons. The van der Waals surface area contributed by atoms with E-state index in [0.29, 0.717) is 0 Å². The van der Waals surface area contributed by atoms with Gasteiger partial charge < -0.3 is 16.8 Å². The SMILES string of the molecule is C[C-](C)C.C[C-](C)C.[CH-]=CC=CC.[Zr+4].[c-]1ccc[nH]1. The van der Waals surface area contributed by atoms with Crippen LogP contribution in [-0.2, 0) is 26.2 Å². The van der Waals surface area contributed by atoms with Gasteiger partial charge in [-0.2, -0.15) is 65.9 Å². The monoisotopic (exact) mass is 337 g/mol. The van der Waals surface area contributed by atoms with E-state index in [1.165, 1.54) is 17.9 Å². The van der Waals surface area contributed by atoms with Gasteiger partial charge in [0.25, 0.3) is 0 Å². The maximum atomic E-state index is 4.93. The molecule has 0 aliphatic rings. The third-order valence-corrected chi connectivity index (χ3v) is 0.746. The van der Waals surface area contributed by atoms with Gasteiger partial charge in [0.1, 0.15) is 0 Å². The number of rotatable bonds is 1. The number of nitrogens with one attached hydrogen (secondary N) is 1. The molecule has 0 atom stereocenters. The second-order valence-corrected chi connectivity index (χ2v) is 4.53. The summed E-state index contributed by atoms with van der Waals surface area (Å²) in [7, 11) is 0. The van der Waals surface area contributed by atoms with Crippen LogP contribution in [0, 0.1) is 24.6 Å². The molecule has 1 rings (SSSR count). The summed E-state index contributed by atoms with van der Waals surface area (Å²) in [6.07, 6.45) is 9.71. The van der Waals surface area contributed by atoms with Crippen LogP contribution in [0.2, 0.25) is 0 Å². The minimum Gasteiger partial charge on any atom is -0.484 e. The second kappa shape index (κ2) is 26.3. The number of aromatic amines is 1. The van der Waals surface area contributed by atoms with Crippen molar-refractivity contribution >= 4 is 0 Å². The van der Waals surface area contributed by atoms with Gasteiger partial charge in [0.15, 0.2) is 0 Å². The molecule has 0 aromatic carbocycles. The summed E-state index contributed by atoms with van der Waals surface area (Å²) in [5.74, 6) is 2.83. The van der Waals surface area contributed by atoms with Crippen LogP contribution in [0.4, 0.5) is 0 Å². The van der Waals surface area contributed by atoms with E-state index in [1.807, 2.05) is 31.3 Å². The molecule has 0 radical (unpaired) electrons. The van der Waals surface area contributed by atoms with E-state index < -0.39 is 0 Å². The molecule has 0 bridgehead atoms. The minimum atomic E-state index is 0. The number of aromatic nitrogens is 1. The molecule has 0 amide bonds. The summed E-state index contributed by atoms with van der Waals surface area (Å²) in [6, 6.07) is 3.71. The largest absolute Gasteiger partial charge is 4.00 e. The first-order valence-corrected chi connectivity index (χ1v) is 6.07. The summed E-state index contributed by atoms with van der Waals surface area (Å²) in [5, 5.41) is 0. The van der Waals surface area contributed by atoms with Crippen molar-refractivity contribution in [1.82, 2.24) is 4.98 Å². The number of hydrogen-bond donors (Lipinski definition) is 1. The Morgan fingerprint density at radius 2 is 1.47 bits per heavy atom. The Labute approximate surface area is 140 Å².